The van der Waals surface area contributed by atoms with Crippen molar-refractivity contribution in [3.05, 3.63) is 29.8 Å². The van der Waals surface area contributed by atoms with Crippen molar-refractivity contribution in [3.63, 3.8) is 0 Å². The molecule has 0 atom stereocenters. The van der Waals surface area contributed by atoms with Gasteiger partial charge >= 0.3 is 5.97 Å². The maximum Gasteiger partial charge on any atom is 0.335 e. The number of carbonyl (C=O) groups is 1. The Balaban J connectivity index is 2.03. The van der Waals surface area contributed by atoms with Crippen LogP contribution < -0.4 is 10.2 Å². The molecule has 1 fully saturated rings. The molecule has 1 aliphatic rings. The maximum atomic E-state index is 10.7. The van der Waals surface area contributed by atoms with Gasteiger partial charge in [0.15, 0.2) is 0 Å². The first-order valence-electron chi connectivity index (χ1n) is 5.48. The highest BCUT2D eigenvalue weighted by Gasteiger charge is 2.35. The van der Waals surface area contributed by atoms with Gasteiger partial charge in [-0.25, -0.2) is 4.79 Å². The van der Waals surface area contributed by atoms with E-state index in [4.69, 9.17) is 5.11 Å². The van der Waals surface area contributed by atoms with Crippen LogP contribution in [0.4, 0.5) is 5.69 Å². The average molecular weight is 236 g/mol. The van der Waals surface area contributed by atoms with Gasteiger partial charge in [0.05, 0.1) is 5.56 Å². The Morgan fingerprint density at radius 3 is 2.41 bits per heavy atom. The minimum Gasteiger partial charge on any atom is -0.478 e. The van der Waals surface area contributed by atoms with Crippen LogP contribution >= 0.6 is 0 Å². The summed E-state index contributed by atoms with van der Waals surface area (Å²) in [6.07, 6.45) is 0. The van der Waals surface area contributed by atoms with Gasteiger partial charge in [0.25, 0.3) is 0 Å². The molecule has 1 aromatic carbocycles. The van der Waals surface area contributed by atoms with Crippen molar-refractivity contribution < 1.29 is 15.0 Å². The first kappa shape index (κ1) is 11.9. The third-order valence-corrected chi connectivity index (χ3v) is 2.99. The summed E-state index contributed by atoms with van der Waals surface area (Å²) in [6, 6.07) is 6.63. The number of carboxylic acids is 1. The van der Waals surface area contributed by atoms with Crippen molar-refractivity contribution in [3.8, 4) is 0 Å². The van der Waals surface area contributed by atoms with Gasteiger partial charge in [0, 0.05) is 32.4 Å². The van der Waals surface area contributed by atoms with E-state index >= 15 is 0 Å². The van der Waals surface area contributed by atoms with Gasteiger partial charge in [0.1, 0.15) is 5.60 Å². The number of carboxylic acid groups (broad SMARTS) is 1. The van der Waals surface area contributed by atoms with E-state index < -0.39 is 11.6 Å². The molecule has 0 bridgehead atoms. The van der Waals surface area contributed by atoms with Gasteiger partial charge in [-0.3, -0.25) is 0 Å². The van der Waals surface area contributed by atoms with Crippen molar-refractivity contribution in [1.82, 2.24) is 5.32 Å². The van der Waals surface area contributed by atoms with E-state index in [1.807, 2.05) is 11.9 Å². The van der Waals surface area contributed by atoms with Crippen LogP contribution in [-0.2, 0) is 0 Å². The number of anilines is 1. The zero-order valence-corrected chi connectivity index (χ0v) is 9.68. The molecular formula is C12H16N2O3. The van der Waals surface area contributed by atoms with E-state index in [0.717, 1.165) is 5.69 Å². The summed E-state index contributed by atoms with van der Waals surface area (Å²) < 4.78 is 0. The molecule has 0 unspecified atom stereocenters. The van der Waals surface area contributed by atoms with E-state index in [-0.39, 0.29) is 5.56 Å². The Morgan fingerprint density at radius 2 is 2.00 bits per heavy atom. The van der Waals surface area contributed by atoms with Crippen LogP contribution in [0.2, 0.25) is 0 Å². The molecule has 1 aliphatic heterocycles. The lowest BCUT2D eigenvalue weighted by atomic mass is 9.96. The van der Waals surface area contributed by atoms with E-state index in [0.29, 0.717) is 19.6 Å². The lowest BCUT2D eigenvalue weighted by molar-refractivity contribution is -0.00156. The Hall–Kier alpha value is -1.59. The monoisotopic (exact) mass is 236 g/mol. The zero-order chi connectivity index (χ0) is 12.5. The minimum atomic E-state index is -0.930. The Labute approximate surface area is 99.7 Å². The molecule has 17 heavy (non-hydrogen) atoms. The van der Waals surface area contributed by atoms with E-state index in [1.54, 1.807) is 24.3 Å². The molecule has 1 heterocycles. The quantitative estimate of drug-likeness (QED) is 0.694. The molecule has 1 saturated heterocycles. The molecule has 0 aromatic heterocycles. The molecule has 0 amide bonds. The van der Waals surface area contributed by atoms with Crippen molar-refractivity contribution in [2.24, 2.45) is 0 Å². The highest BCUT2D eigenvalue weighted by molar-refractivity contribution is 5.88. The van der Waals surface area contributed by atoms with Crippen LogP contribution in [0.3, 0.4) is 0 Å². The van der Waals surface area contributed by atoms with Crippen molar-refractivity contribution in [2.75, 3.05) is 31.6 Å². The second-order valence-corrected chi connectivity index (χ2v) is 4.54. The fraction of sp³-hybridized carbons (Fsp3) is 0.417. The highest BCUT2D eigenvalue weighted by Crippen LogP contribution is 2.18. The van der Waals surface area contributed by atoms with Gasteiger partial charge in [-0.2, -0.15) is 0 Å². The Bertz CT molecular complexity index is 412. The fourth-order valence-corrected chi connectivity index (χ4v) is 1.92. The summed E-state index contributed by atoms with van der Waals surface area (Å²) in [4.78, 5) is 12.6. The fourth-order valence-electron chi connectivity index (χ4n) is 1.92. The number of aromatic carboxylic acids is 1. The topological polar surface area (TPSA) is 72.8 Å². The van der Waals surface area contributed by atoms with E-state index in [9.17, 15) is 9.90 Å². The predicted octanol–water partition coefficient (Wildman–Crippen LogP) is 0.155. The first-order valence-corrected chi connectivity index (χ1v) is 5.48. The van der Waals surface area contributed by atoms with Crippen LogP contribution in [-0.4, -0.2) is 48.5 Å². The molecule has 0 radical (unpaired) electrons. The second-order valence-electron chi connectivity index (χ2n) is 4.54. The molecule has 3 N–H and O–H groups in total. The number of β-amino-alcohol motifs (C(OH)–C–C–N with tert-alkyl or cyclic N) is 1. The predicted molar refractivity (Wildman–Crippen MR) is 64.5 cm³/mol. The summed E-state index contributed by atoms with van der Waals surface area (Å²) >= 11 is 0. The molecule has 0 spiro atoms. The first-order chi connectivity index (χ1) is 8.00. The number of hydrogen-bond donors (Lipinski definition) is 3. The number of aliphatic hydroxyl groups is 1. The van der Waals surface area contributed by atoms with Gasteiger partial charge < -0.3 is 20.4 Å². The molecule has 5 nitrogen and oxygen atoms in total. The molecule has 0 saturated carbocycles. The standard InChI is InChI=1S/C12H16N2O3/c1-14(8-12(17)6-13-7-12)10-4-2-9(3-5-10)11(15)16/h2-5,13,17H,6-8H2,1H3,(H,15,16). The second kappa shape index (κ2) is 4.35. The number of hydrogen-bond acceptors (Lipinski definition) is 4. The number of benzene rings is 1. The number of nitrogens with zero attached hydrogens (tertiary/aromatic N) is 1. The summed E-state index contributed by atoms with van der Waals surface area (Å²) in [7, 11) is 1.88. The third-order valence-electron chi connectivity index (χ3n) is 2.99. The van der Waals surface area contributed by atoms with Crippen molar-refractivity contribution in [2.45, 2.75) is 5.60 Å². The van der Waals surface area contributed by atoms with Crippen LogP contribution in [0.1, 0.15) is 10.4 Å². The molecule has 5 heteroatoms. The highest BCUT2D eigenvalue weighted by atomic mass is 16.4. The number of likely N-dealkylation sites (N-methyl/N-ethyl adjacent to an activating group) is 1. The van der Waals surface area contributed by atoms with Crippen molar-refractivity contribution in [1.29, 1.82) is 0 Å². The smallest absolute Gasteiger partial charge is 0.335 e. The van der Waals surface area contributed by atoms with Crippen LogP contribution in [0, 0.1) is 0 Å². The van der Waals surface area contributed by atoms with Crippen LogP contribution in [0.5, 0.6) is 0 Å². The van der Waals surface area contributed by atoms with Gasteiger partial charge in [0.2, 0.25) is 0 Å². The van der Waals surface area contributed by atoms with Gasteiger partial charge in [-0.15, -0.1) is 0 Å². The minimum absolute atomic E-state index is 0.270. The largest absolute Gasteiger partial charge is 0.478 e. The Morgan fingerprint density at radius 1 is 1.41 bits per heavy atom. The van der Waals surface area contributed by atoms with Gasteiger partial charge in [-0.1, -0.05) is 0 Å². The Kier molecular flexibility index (Phi) is 3.04. The molecular weight excluding hydrogens is 220 g/mol. The molecule has 92 valence electrons. The zero-order valence-electron chi connectivity index (χ0n) is 9.68. The summed E-state index contributed by atoms with van der Waals surface area (Å²) in [6.45, 7) is 1.74. The van der Waals surface area contributed by atoms with Gasteiger partial charge in [-0.05, 0) is 24.3 Å². The SMILES string of the molecule is CN(CC1(O)CNC1)c1ccc(C(=O)O)cc1. The lowest BCUT2D eigenvalue weighted by Gasteiger charge is -2.40. The van der Waals surface area contributed by atoms with Crippen LogP contribution in [0.25, 0.3) is 0 Å². The molecule has 2 rings (SSSR count). The van der Waals surface area contributed by atoms with Crippen molar-refractivity contribution >= 4 is 11.7 Å². The van der Waals surface area contributed by atoms with E-state index in [2.05, 4.69) is 5.32 Å². The van der Waals surface area contributed by atoms with E-state index in [1.165, 1.54) is 0 Å². The normalized spacial score (nSPS) is 17.3. The third kappa shape index (κ3) is 2.57. The summed E-state index contributed by atoms with van der Waals surface area (Å²) in [5.41, 5.74) is 0.502. The summed E-state index contributed by atoms with van der Waals surface area (Å²) in [5.74, 6) is -0.930. The summed E-state index contributed by atoms with van der Waals surface area (Å²) in [5, 5.41) is 21.8. The molecule has 1 aromatic rings. The molecule has 0 aliphatic carbocycles. The maximum absolute atomic E-state index is 10.7. The number of rotatable bonds is 4. The van der Waals surface area contributed by atoms with Crippen LogP contribution in [0.15, 0.2) is 24.3 Å². The number of nitrogens with one attached hydrogen (secondary N) is 1. The average Bonchev–Trinajstić information content (AvgIpc) is 2.27. The lowest BCUT2D eigenvalue weighted by Crippen LogP contribution is -2.64.